The average molecular weight is 359 g/mol. The van der Waals surface area contributed by atoms with E-state index in [1.807, 2.05) is 0 Å². The molecule has 138 valence electrons. The van der Waals surface area contributed by atoms with Crippen molar-refractivity contribution < 1.29 is 14.3 Å². The summed E-state index contributed by atoms with van der Waals surface area (Å²) in [4.78, 5) is 30.1. The largest absolute Gasteiger partial charge is 0.481 e. The summed E-state index contributed by atoms with van der Waals surface area (Å²) in [6, 6.07) is 4.83. The Morgan fingerprint density at radius 3 is 2.69 bits per heavy atom. The van der Waals surface area contributed by atoms with E-state index in [4.69, 9.17) is 9.47 Å². The van der Waals surface area contributed by atoms with Crippen molar-refractivity contribution in [1.82, 2.24) is 20.5 Å². The fourth-order valence-corrected chi connectivity index (χ4v) is 2.95. The first kappa shape index (κ1) is 17.7. The first-order valence-electron chi connectivity index (χ1n) is 8.30. The summed E-state index contributed by atoms with van der Waals surface area (Å²) in [5.74, 6) is 0.389. The predicted molar refractivity (Wildman–Crippen MR) is 94.9 cm³/mol. The van der Waals surface area contributed by atoms with E-state index in [0.717, 1.165) is 31.6 Å². The maximum Gasteiger partial charge on any atom is 0.266 e. The van der Waals surface area contributed by atoms with E-state index in [-0.39, 0.29) is 23.4 Å². The Bertz CT molecular complexity index is 830. The Labute approximate surface area is 150 Å². The molecule has 1 amide bonds. The van der Waals surface area contributed by atoms with Crippen LogP contribution in [0.2, 0.25) is 0 Å². The number of rotatable bonds is 5. The van der Waals surface area contributed by atoms with E-state index in [1.165, 1.54) is 20.3 Å². The minimum atomic E-state index is -0.228. The molecule has 2 aromatic heterocycles. The SMILES string of the molecule is COc1ccc(C(=O)NC2CCN(c3cn[nH]c(=O)c3)CC2)c(OC)n1. The predicted octanol–water partition coefficient (Wildman–Crippen LogP) is 0.581. The second kappa shape index (κ2) is 7.85. The smallest absolute Gasteiger partial charge is 0.266 e. The lowest BCUT2D eigenvalue weighted by molar-refractivity contribution is 0.0927. The molecule has 2 aromatic rings. The fourth-order valence-electron chi connectivity index (χ4n) is 2.95. The first-order valence-corrected chi connectivity index (χ1v) is 8.30. The van der Waals surface area contributed by atoms with Crippen LogP contribution in [-0.4, -0.2) is 54.4 Å². The highest BCUT2D eigenvalue weighted by molar-refractivity contribution is 5.96. The van der Waals surface area contributed by atoms with Gasteiger partial charge in [-0.2, -0.15) is 10.1 Å². The molecule has 26 heavy (non-hydrogen) atoms. The number of H-pyrrole nitrogens is 1. The number of nitrogens with one attached hydrogen (secondary N) is 2. The van der Waals surface area contributed by atoms with Crippen LogP contribution < -0.4 is 25.2 Å². The average Bonchev–Trinajstić information content (AvgIpc) is 2.68. The minimum absolute atomic E-state index is 0.0421. The third-order valence-electron chi connectivity index (χ3n) is 4.33. The van der Waals surface area contributed by atoms with Gasteiger partial charge >= 0.3 is 0 Å². The molecule has 0 aliphatic carbocycles. The van der Waals surface area contributed by atoms with Crippen LogP contribution in [-0.2, 0) is 0 Å². The second-order valence-electron chi connectivity index (χ2n) is 5.95. The molecule has 0 bridgehead atoms. The van der Waals surface area contributed by atoms with Crippen molar-refractivity contribution in [2.75, 3.05) is 32.2 Å². The molecule has 0 aromatic carbocycles. The number of amides is 1. The summed E-state index contributed by atoms with van der Waals surface area (Å²) < 4.78 is 10.2. The van der Waals surface area contributed by atoms with Gasteiger partial charge in [0.25, 0.3) is 11.5 Å². The highest BCUT2D eigenvalue weighted by Gasteiger charge is 2.23. The molecular weight excluding hydrogens is 338 g/mol. The molecule has 1 aliphatic heterocycles. The van der Waals surface area contributed by atoms with Crippen molar-refractivity contribution >= 4 is 11.6 Å². The van der Waals surface area contributed by atoms with E-state index in [1.54, 1.807) is 18.3 Å². The second-order valence-corrected chi connectivity index (χ2v) is 5.95. The Hall–Kier alpha value is -3.10. The van der Waals surface area contributed by atoms with Crippen molar-refractivity contribution in [2.24, 2.45) is 0 Å². The van der Waals surface area contributed by atoms with Crippen LogP contribution in [0.25, 0.3) is 0 Å². The van der Waals surface area contributed by atoms with Crippen molar-refractivity contribution in [3.8, 4) is 11.8 Å². The van der Waals surface area contributed by atoms with Gasteiger partial charge < -0.3 is 19.7 Å². The van der Waals surface area contributed by atoms with Crippen LogP contribution in [0.3, 0.4) is 0 Å². The highest BCUT2D eigenvalue weighted by atomic mass is 16.5. The molecule has 0 saturated carbocycles. The quantitative estimate of drug-likeness (QED) is 0.804. The van der Waals surface area contributed by atoms with Crippen molar-refractivity contribution in [3.05, 3.63) is 40.3 Å². The Morgan fingerprint density at radius 2 is 2.04 bits per heavy atom. The molecule has 0 radical (unpaired) electrons. The zero-order valence-corrected chi connectivity index (χ0v) is 14.7. The molecule has 0 atom stereocenters. The topological polar surface area (TPSA) is 109 Å². The first-order chi connectivity index (χ1) is 12.6. The van der Waals surface area contributed by atoms with Gasteiger partial charge in [0.2, 0.25) is 11.8 Å². The van der Waals surface area contributed by atoms with Gasteiger partial charge in [0.15, 0.2) is 0 Å². The lowest BCUT2D eigenvalue weighted by Gasteiger charge is -2.33. The van der Waals surface area contributed by atoms with Gasteiger partial charge in [-0.1, -0.05) is 0 Å². The molecule has 3 rings (SSSR count). The zero-order valence-electron chi connectivity index (χ0n) is 14.7. The van der Waals surface area contributed by atoms with Gasteiger partial charge in [0.05, 0.1) is 26.1 Å². The molecule has 0 spiro atoms. The van der Waals surface area contributed by atoms with Crippen molar-refractivity contribution in [3.63, 3.8) is 0 Å². The van der Waals surface area contributed by atoms with Crippen LogP contribution in [0.5, 0.6) is 11.8 Å². The maximum absolute atomic E-state index is 12.5. The van der Waals surface area contributed by atoms with Gasteiger partial charge in [-0.05, 0) is 18.9 Å². The summed E-state index contributed by atoms with van der Waals surface area (Å²) >= 11 is 0. The van der Waals surface area contributed by atoms with E-state index in [9.17, 15) is 9.59 Å². The number of carbonyl (C=O) groups excluding carboxylic acids is 1. The van der Waals surface area contributed by atoms with Crippen molar-refractivity contribution in [1.29, 1.82) is 0 Å². The molecule has 0 unspecified atom stereocenters. The number of methoxy groups -OCH3 is 2. The molecule has 3 heterocycles. The van der Waals surface area contributed by atoms with E-state index < -0.39 is 0 Å². The number of anilines is 1. The van der Waals surface area contributed by atoms with E-state index in [0.29, 0.717) is 11.4 Å². The zero-order chi connectivity index (χ0) is 18.5. The van der Waals surface area contributed by atoms with Crippen LogP contribution in [0, 0.1) is 0 Å². The number of hydrogen-bond donors (Lipinski definition) is 2. The Balaban J connectivity index is 1.61. The number of aromatic amines is 1. The lowest BCUT2D eigenvalue weighted by atomic mass is 10.0. The maximum atomic E-state index is 12.5. The number of piperidine rings is 1. The normalized spacial score (nSPS) is 14.8. The number of ether oxygens (including phenoxy) is 2. The van der Waals surface area contributed by atoms with Gasteiger partial charge in [0, 0.05) is 31.3 Å². The lowest BCUT2D eigenvalue weighted by Crippen LogP contribution is -2.45. The van der Waals surface area contributed by atoms with Crippen LogP contribution in [0.4, 0.5) is 5.69 Å². The molecule has 1 fully saturated rings. The number of hydrogen-bond acceptors (Lipinski definition) is 7. The van der Waals surface area contributed by atoms with Gasteiger partial charge in [0.1, 0.15) is 5.56 Å². The van der Waals surface area contributed by atoms with E-state index >= 15 is 0 Å². The Morgan fingerprint density at radius 1 is 1.27 bits per heavy atom. The number of carbonyl (C=O) groups is 1. The molecule has 1 saturated heterocycles. The van der Waals surface area contributed by atoms with Gasteiger partial charge in [-0.25, -0.2) is 5.10 Å². The standard InChI is InChI=1S/C17H21N5O4/c1-25-15-4-3-13(17(20-15)26-2)16(24)19-11-5-7-22(8-6-11)12-9-14(23)21-18-10-12/h3-4,9-11H,5-8H2,1-2H3,(H,19,24)(H,21,23). The summed E-state index contributed by atoms with van der Waals surface area (Å²) in [6.07, 6.45) is 3.17. The third-order valence-corrected chi connectivity index (χ3v) is 4.33. The Kier molecular flexibility index (Phi) is 5.35. The number of pyridine rings is 1. The van der Waals surface area contributed by atoms with Gasteiger partial charge in [-0.15, -0.1) is 0 Å². The minimum Gasteiger partial charge on any atom is -0.481 e. The summed E-state index contributed by atoms with van der Waals surface area (Å²) in [5, 5.41) is 9.21. The third kappa shape index (κ3) is 3.93. The van der Waals surface area contributed by atoms with Crippen LogP contribution >= 0.6 is 0 Å². The van der Waals surface area contributed by atoms with Crippen LogP contribution in [0.1, 0.15) is 23.2 Å². The van der Waals surface area contributed by atoms with Crippen LogP contribution in [0.15, 0.2) is 29.2 Å². The highest BCUT2D eigenvalue weighted by Crippen LogP contribution is 2.21. The number of nitrogens with zero attached hydrogens (tertiary/aromatic N) is 3. The monoisotopic (exact) mass is 359 g/mol. The summed E-state index contributed by atoms with van der Waals surface area (Å²) in [5.41, 5.74) is 0.936. The summed E-state index contributed by atoms with van der Waals surface area (Å²) in [6.45, 7) is 1.46. The number of aromatic nitrogens is 3. The molecule has 9 heteroatoms. The molecule has 1 aliphatic rings. The molecule has 2 N–H and O–H groups in total. The summed E-state index contributed by atoms with van der Waals surface area (Å²) in [7, 11) is 2.97. The van der Waals surface area contributed by atoms with E-state index in [2.05, 4.69) is 25.4 Å². The van der Waals surface area contributed by atoms with Gasteiger partial charge in [-0.3, -0.25) is 9.59 Å². The fraction of sp³-hybridized carbons (Fsp3) is 0.412. The molecular formula is C17H21N5O4. The van der Waals surface area contributed by atoms with Crippen molar-refractivity contribution in [2.45, 2.75) is 18.9 Å². The molecule has 9 nitrogen and oxygen atoms in total.